The first-order valence-electron chi connectivity index (χ1n) is 5.78. The van der Waals surface area contributed by atoms with E-state index in [4.69, 9.17) is 5.73 Å². The second-order valence-electron chi connectivity index (χ2n) is 4.25. The number of guanidine groups is 1. The molecule has 15 heavy (non-hydrogen) atoms. The lowest BCUT2D eigenvalue weighted by molar-refractivity contribution is 0.307. The topological polar surface area (TPSA) is 53.6 Å². The van der Waals surface area contributed by atoms with Crippen LogP contribution in [0, 0.1) is 0 Å². The van der Waals surface area contributed by atoms with Gasteiger partial charge in [0.1, 0.15) is 0 Å². The third-order valence-corrected chi connectivity index (χ3v) is 2.77. The number of nitrogens with two attached hydrogens (primary N) is 1. The SMILES string of the molecule is NC(=NCCN1CC=CCC1)NC1CC1. The van der Waals surface area contributed by atoms with Gasteiger partial charge in [0.25, 0.3) is 0 Å². The van der Waals surface area contributed by atoms with E-state index in [0.29, 0.717) is 12.0 Å². The van der Waals surface area contributed by atoms with Crippen molar-refractivity contribution in [2.45, 2.75) is 25.3 Å². The number of nitrogens with one attached hydrogen (secondary N) is 1. The maximum atomic E-state index is 5.74. The van der Waals surface area contributed by atoms with E-state index in [1.807, 2.05) is 0 Å². The summed E-state index contributed by atoms with van der Waals surface area (Å²) in [5, 5.41) is 3.19. The molecule has 1 saturated carbocycles. The molecule has 0 atom stereocenters. The normalized spacial score (nSPS) is 23.1. The molecule has 4 heteroatoms. The molecular formula is C11H20N4. The van der Waals surface area contributed by atoms with Crippen molar-refractivity contribution >= 4 is 5.96 Å². The molecule has 0 radical (unpaired) electrons. The minimum atomic E-state index is 0.603. The lowest BCUT2D eigenvalue weighted by atomic mass is 10.2. The molecule has 1 heterocycles. The number of rotatable bonds is 4. The third kappa shape index (κ3) is 3.91. The van der Waals surface area contributed by atoms with Crippen LogP contribution in [0.3, 0.4) is 0 Å². The predicted octanol–water partition coefficient (Wildman–Crippen LogP) is 0.315. The molecule has 0 saturated heterocycles. The summed E-state index contributed by atoms with van der Waals surface area (Å²) in [6.07, 6.45) is 8.11. The van der Waals surface area contributed by atoms with Crippen LogP contribution < -0.4 is 11.1 Å². The van der Waals surface area contributed by atoms with Gasteiger partial charge >= 0.3 is 0 Å². The van der Waals surface area contributed by atoms with Gasteiger partial charge in [0.2, 0.25) is 0 Å². The molecule has 1 fully saturated rings. The Hall–Kier alpha value is -1.03. The van der Waals surface area contributed by atoms with E-state index in [9.17, 15) is 0 Å². The van der Waals surface area contributed by atoms with Gasteiger partial charge in [-0.2, -0.15) is 0 Å². The van der Waals surface area contributed by atoms with Crippen molar-refractivity contribution in [3.63, 3.8) is 0 Å². The summed E-state index contributed by atoms with van der Waals surface area (Å²) in [6, 6.07) is 0.603. The van der Waals surface area contributed by atoms with Crippen molar-refractivity contribution < 1.29 is 0 Å². The molecule has 2 rings (SSSR count). The Kier molecular flexibility index (Phi) is 3.61. The van der Waals surface area contributed by atoms with E-state index in [1.54, 1.807) is 0 Å². The van der Waals surface area contributed by atoms with Crippen molar-refractivity contribution in [2.24, 2.45) is 10.7 Å². The summed E-state index contributed by atoms with van der Waals surface area (Å²) in [4.78, 5) is 6.71. The first-order valence-corrected chi connectivity index (χ1v) is 5.78. The molecule has 0 unspecified atom stereocenters. The van der Waals surface area contributed by atoms with Gasteiger partial charge in [0.15, 0.2) is 5.96 Å². The van der Waals surface area contributed by atoms with Crippen LogP contribution >= 0.6 is 0 Å². The molecule has 0 spiro atoms. The molecule has 1 aliphatic heterocycles. The highest BCUT2D eigenvalue weighted by molar-refractivity contribution is 5.78. The quantitative estimate of drug-likeness (QED) is 0.397. The van der Waals surface area contributed by atoms with E-state index in [2.05, 4.69) is 27.4 Å². The molecule has 0 aromatic rings. The average molecular weight is 208 g/mol. The van der Waals surface area contributed by atoms with Gasteiger partial charge in [-0.25, -0.2) is 0 Å². The van der Waals surface area contributed by atoms with E-state index in [1.165, 1.54) is 19.3 Å². The van der Waals surface area contributed by atoms with Crippen LogP contribution in [-0.2, 0) is 0 Å². The van der Waals surface area contributed by atoms with Crippen LogP contribution in [0.1, 0.15) is 19.3 Å². The van der Waals surface area contributed by atoms with Crippen LogP contribution in [-0.4, -0.2) is 43.1 Å². The molecule has 0 aromatic heterocycles. The molecule has 2 aliphatic rings. The highest BCUT2D eigenvalue weighted by Crippen LogP contribution is 2.17. The largest absolute Gasteiger partial charge is 0.370 e. The number of nitrogens with zero attached hydrogens (tertiary/aromatic N) is 2. The standard InChI is InChI=1S/C11H20N4/c12-11(14-10-4-5-10)13-6-9-15-7-2-1-3-8-15/h1-2,10H,3-9H2,(H3,12,13,14). The minimum absolute atomic E-state index is 0.603. The summed E-state index contributed by atoms with van der Waals surface area (Å²) >= 11 is 0. The smallest absolute Gasteiger partial charge is 0.188 e. The number of hydrogen-bond donors (Lipinski definition) is 2. The summed E-state index contributed by atoms with van der Waals surface area (Å²) in [7, 11) is 0. The zero-order chi connectivity index (χ0) is 10.5. The Bertz CT molecular complexity index is 255. The Labute approximate surface area is 91.2 Å². The maximum absolute atomic E-state index is 5.74. The van der Waals surface area contributed by atoms with Crippen molar-refractivity contribution in [1.82, 2.24) is 10.2 Å². The minimum Gasteiger partial charge on any atom is -0.370 e. The van der Waals surface area contributed by atoms with Crippen molar-refractivity contribution in [1.29, 1.82) is 0 Å². The van der Waals surface area contributed by atoms with Gasteiger partial charge in [0.05, 0.1) is 6.54 Å². The van der Waals surface area contributed by atoms with Gasteiger partial charge in [-0.15, -0.1) is 0 Å². The van der Waals surface area contributed by atoms with E-state index >= 15 is 0 Å². The first kappa shape index (κ1) is 10.5. The third-order valence-electron chi connectivity index (χ3n) is 2.77. The molecular weight excluding hydrogens is 188 g/mol. The van der Waals surface area contributed by atoms with Crippen LogP contribution in [0.4, 0.5) is 0 Å². The van der Waals surface area contributed by atoms with Gasteiger partial charge in [0, 0.05) is 25.7 Å². The summed E-state index contributed by atoms with van der Waals surface area (Å²) in [5.74, 6) is 0.616. The summed E-state index contributed by atoms with van der Waals surface area (Å²) in [5.41, 5.74) is 5.74. The predicted molar refractivity (Wildman–Crippen MR) is 62.8 cm³/mol. The number of aliphatic imine (C=N–C) groups is 1. The van der Waals surface area contributed by atoms with Crippen LogP contribution in [0.5, 0.6) is 0 Å². The van der Waals surface area contributed by atoms with E-state index in [0.717, 1.165) is 26.2 Å². The fraction of sp³-hybridized carbons (Fsp3) is 0.727. The van der Waals surface area contributed by atoms with Crippen LogP contribution in [0.25, 0.3) is 0 Å². The van der Waals surface area contributed by atoms with E-state index in [-0.39, 0.29) is 0 Å². The zero-order valence-electron chi connectivity index (χ0n) is 9.15. The highest BCUT2D eigenvalue weighted by Gasteiger charge is 2.21. The first-order chi connectivity index (χ1) is 7.34. The van der Waals surface area contributed by atoms with Gasteiger partial charge in [-0.05, 0) is 19.3 Å². The second kappa shape index (κ2) is 5.16. The van der Waals surface area contributed by atoms with Gasteiger partial charge < -0.3 is 11.1 Å². The van der Waals surface area contributed by atoms with Crippen LogP contribution in [0.2, 0.25) is 0 Å². The Morgan fingerprint density at radius 2 is 2.33 bits per heavy atom. The molecule has 0 bridgehead atoms. The average Bonchev–Trinajstić information content (AvgIpc) is 3.03. The second-order valence-corrected chi connectivity index (χ2v) is 4.25. The van der Waals surface area contributed by atoms with Crippen molar-refractivity contribution in [3.05, 3.63) is 12.2 Å². The molecule has 84 valence electrons. The zero-order valence-corrected chi connectivity index (χ0v) is 9.15. The lowest BCUT2D eigenvalue weighted by Crippen LogP contribution is -2.35. The highest BCUT2D eigenvalue weighted by atomic mass is 15.2. The monoisotopic (exact) mass is 208 g/mol. The molecule has 1 aliphatic carbocycles. The Balaban J connectivity index is 1.61. The fourth-order valence-corrected chi connectivity index (χ4v) is 1.69. The van der Waals surface area contributed by atoms with Gasteiger partial charge in [-0.3, -0.25) is 9.89 Å². The Morgan fingerprint density at radius 1 is 1.47 bits per heavy atom. The lowest BCUT2D eigenvalue weighted by Gasteiger charge is -2.21. The van der Waals surface area contributed by atoms with Crippen molar-refractivity contribution in [2.75, 3.05) is 26.2 Å². The molecule has 4 nitrogen and oxygen atoms in total. The van der Waals surface area contributed by atoms with Crippen LogP contribution in [0.15, 0.2) is 17.1 Å². The molecule has 0 aromatic carbocycles. The molecule has 0 amide bonds. The molecule has 3 N–H and O–H groups in total. The summed E-state index contributed by atoms with van der Waals surface area (Å²) < 4.78 is 0. The van der Waals surface area contributed by atoms with E-state index < -0.39 is 0 Å². The maximum Gasteiger partial charge on any atom is 0.188 e. The fourth-order valence-electron chi connectivity index (χ4n) is 1.69. The van der Waals surface area contributed by atoms with Gasteiger partial charge in [-0.1, -0.05) is 12.2 Å². The van der Waals surface area contributed by atoms with Crippen molar-refractivity contribution in [3.8, 4) is 0 Å². The summed E-state index contributed by atoms with van der Waals surface area (Å²) in [6.45, 7) is 4.03. The number of hydrogen-bond acceptors (Lipinski definition) is 2. The Morgan fingerprint density at radius 3 is 3.00 bits per heavy atom.